The molecule has 9 heteroatoms. The molecule has 1 N–H and O–H groups in total. The highest BCUT2D eigenvalue weighted by Crippen LogP contribution is 2.59. The van der Waals surface area contributed by atoms with Crippen LogP contribution in [0.1, 0.15) is 36.2 Å². The van der Waals surface area contributed by atoms with Crippen molar-refractivity contribution in [2.24, 2.45) is 11.3 Å². The van der Waals surface area contributed by atoms with Crippen LogP contribution in [0.15, 0.2) is 0 Å². The molecule has 1 aromatic rings. The Kier molecular flexibility index (Phi) is 4.52. The number of aryl methyl sites for hydroxylation is 1. The summed E-state index contributed by atoms with van der Waals surface area (Å²) in [4.78, 5) is 25.3. The quantitative estimate of drug-likeness (QED) is 0.879. The number of carbonyl (C=O) groups is 2. The Morgan fingerprint density at radius 3 is 2.38 bits per heavy atom. The summed E-state index contributed by atoms with van der Waals surface area (Å²) in [5.74, 6) is -1.22. The van der Waals surface area contributed by atoms with E-state index in [0.717, 1.165) is 4.68 Å². The van der Waals surface area contributed by atoms with Crippen molar-refractivity contribution in [1.29, 1.82) is 0 Å². The van der Waals surface area contributed by atoms with Crippen molar-refractivity contribution in [3.8, 4) is 0 Å². The van der Waals surface area contributed by atoms with E-state index in [1.54, 1.807) is 18.7 Å². The number of hydrogen-bond acceptors (Lipinski definition) is 3. The van der Waals surface area contributed by atoms with E-state index in [0.29, 0.717) is 49.3 Å². The van der Waals surface area contributed by atoms with Gasteiger partial charge in [0.15, 0.2) is 0 Å². The molecule has 144 valence electrons. The number of hydrogen-bond donors (Lipinski definition) is 1. The van der Waals surface area contributed by atoms with Crippen molar-refractivity contribution < 1.29 is 27.9 Å². The second-order valence-corrected chi connectivity index (χ2v) is 7.44. The number of halogens is 3. The first kappa shape index (κ1) is 18.7. The number of aliphatic carboxylic acids is 1. The Morgan fingerprint density at radius 1 is 1.27 bits per heavy atom. The number of amides is 1. The molecule has 1 amide bonds. The maximum Gasteiger partial charge on any atom is 0.408 e. The molecule has 1 unspecified atom stereocenters. The van der Waals surface area contributed by atoms with Crippen LogP contribution in [-0.2, 0) is 22.6 Å². The van der Waals surface area contributed by atoms with Crippen LogP contribution in [0.25, 0.3) is 0 Å². The largest absolute Gasteiger partial charge is 0.481 e. The number of piperidine rings is 1. The molecule has 2 heterocycles. The fraction of sp³-hybridized carbons (Fsp3) is 0.706. The fourth-order valence-electron chi connectivity index (χ4n) is 4.03. The molecule has 6 nitrogen and oxygen atoms in total. The first-order valence-corrected chi connectivity index (χ1v) is 8.63. The molecule has 3 rings (SSSR count). The highest BCUT2D eigenvalue weighted by atomic mass is 19.4. The van der Waals surface area contributed by atoms with Crippen LogP contribution < -0.4 is 0 Å². The topological polar surface area (TPSA) is 75.4 Å². The van der Waals surface area contributed by atoms with Gasteiger partial charge in [0.05, 0.1) is 18.0 Å². The number of alkyl halides is 3. The van der Waals surface area contributed by atoms with Gasteiger partial charge in [0.1, 0.15) is 6.54 Å². The van der Waals surface area contributed by atoms with Gasteiger partial charge in [0.2, 0.25) is 5.91 Å². The van der Waals surface area contributed by atoms with Gasteiger partial charge in [-0.15, -0.1) is 0 Å². The first-order chi connectivity index (χ1) is 12.0. The summed E-state index contributed by atoms with van der Waals surface area (Å²) in [6.45, 7) is 2.97. The van der Waals surface area contributed by atoms with Gasteiger partial charge in [-0.1, -0.05) is 0 Å². The Labute approximate surface area is 149 Å². The maximum absolute atomic E-state index is 12.6. The molecule has 2 fully saturated rings. The highest BCUT2D eigenvalue weighted by molar-refractivity contribution is 5.80. The van der Waals surface area contributed by atoms with Crippen molar-refractivity contribution in [1.82, 2.24) is 14.7 Å². The Balaban J connectivity index is 1.62. The SMILES string of the molecule is Cc1nn(CC(F)(F)F)c(C)c1CC(=O)N1CCC2(CC1)CC2C(=O)O. The maximum atomic E-state index is 12.6. The molecule has 2 aliphatic rings. The predicted molar refractivity (Wildman–Crippen MR) is 85.4 cm³/mol. The first-order valence-electron chi connectivity index (χ1n) is 8.63. The van der Waals surface area contributed by atoms with Crippen LogP contribution in [0, 0.1) is 25.2 Å². The van der Waals surface area contributed by atoms with E-state index in [1.165, 1.54) is 0 Å². The molecule has 0 radical (unpaired) electrons. The molecule has 1 aliphatic carbocycles. The molecule has 1 atom stereocenters. The number of carboxylic acid groups (broad SMARTS) is 1. The van der Waals surface area contributed by atoms with E-state index in [9.17, 15) is 22.8 Å². The summed E-state index contributed by atoms with van der Waals surface area (Å²) >= 11 is 0. The van der Waals surface area contributed by atoms with Gasteiger partial charge >= 0.3 is 12.1 Å². The normalized spacial score (nSPS) is 21.9. The van der Waals surface area contributed by atoms with E-state index in [2.05, 4.69) is 5.10 Å². The smallest absolute Gasteiger partial charge is 0.408 e. The third kappa shape index (κ3) is 3.57. The lowest BCUT2D eigenvalue weighted by molar-refractivity contribution is -0.143. The van der Waals surface area contributed by atoms with Crippen molar-refractivity contribution in [3.63, 3.8) is 0 Å². The summed E-state index contributed by atoms with van der Waals surface area (Å²) in [6, 6.07) is 0. The van der Waals surface area contributed by atoms with Gasteiger partial charge in [0, 0.05) is 24.3 Å². The standard InChI is InChI=1S/C17H22F3N3O3/c1-10-12(11(2)23(21-10)9-17(18,19)20)7-14(24)22-5-3-16(4-6-22)8-13(16)15(25)26/h13H,3-9H2,1-2H3,(H,25,26). The molecule has 26 heavy (non-hydrogen) atoms. The number of nitrogens with zero attached hydrogens (tertiary/aromatic N) is 3. The summed E-state index contributed by atoms with van der Waals surface area (Å²) < 4.78 is 38.7. The minimum atomic E-state index is -4.36. The van der Waals surface area contributed by atoms with Crippen molar-refractivity contribution in [2.75, 3.05) is 13.1 Å². The molecule has 0 aromatic carbocycles. The van der Waals surface area contributed by atoms with Gasteiger partial charge in [0.25, 0.3) is 0 Å². The monoisotopic (exact) mass is 373 g/mol. The van der Waals surface area contributed by atoms with Crippen LogP contribution in [0.3, 0.4) is 0 Å². The van der Waals surface area contributed by atoms with E-state index in [-0.39, 0.29) is 23.7 Å². The van der Waals surface area contributed by atoms with Crippen LogP contribution in [-0.4, -0.2) is 50.9 Å². The second kappa shape index (κ2) is 6.28. The van der Waals surface area contributed by atoms with Gasteiger partial charge in [-0.25, -0.2) is 0 Å². The Bertz CT molecular complexity index is 734. The molecule has 1 spiro atoms. The minimum absolute atomic E-state index is 0.0187. The van der Waals surface area contributed by atoms with Gasteiger partial charge in [-0.05, 0) is 38.5 Å². The van der Waals surface area contributed by atoms with Crippen molar-refractivity contribution >= 4 is 11.9 Å². The van der Waals surface area contributed by atoms with Crippen molar-refractivity contribution in [2.45, 2.75) is 52.3 Å². The lowest BCUT2D eigenvalue weighted by atomic mass is 9.90. The Morgan fingerprint density at radius 2 is 1.88 bits per heavy atom. The Hall–Kier alpha value is -2.06. The van der Waals surface area contributed by atoms with Gasteiger partial charge in [-0.2, -0.15) is 18.3 Å². The van der Waals surface area contributed by atoms with Crippen molar-refractivity contribution in [3.05, 3.63) is 17.0 Å². The fourth-order valence-corrected chi connectivity index (χ4v) is 4.03. The van der Waals surface area contributed by atoms with E-state index in [4.69, 9.17) is 5.11 Å². The molecule has 1 saturated heterocycles. The molecule has 1 aliphatic heterocycles. The summed E-state index contributed by atoms with van der Waals surface area (Å²) in [6.07, 6.45) is -2.34. The molecular weight excluding hydrogens is 351 g/mol. The second-order valence-electron chi connectivity index (χ2n) is 7.44. The zero-order chi connectivity index (χ0) is 19.3. The van der Waals surface area contributed by atoms with E-state index in [1.807, 2.05) is 0 Å². The van der Waals surface area contributed by atoms with Gasteiger partial charge < -0.3 is 10.0 Å². The lowest BCUT2D eigenvalue weighted by Gasteiger charge is -2.32. The summed E-state index contributed by atoms with van der Waals surface area (Å²) in [7, 11) is 0. The van der Waals surface area contributed by atoms with Gasteiger partial charge in [-0.3, -0.25) is 14.3 Å². The zero-order valence-electron chi connectivity index (χ0n) is 14.8. The molecule has 0 bridgehead atoms. The summed E-state index contributed by atoms with van der Waals surface area (Å²) in [5, 5.41) is 13.0. The van der Waals surface area contributed by atoms with Crippen LogP contribution in [0.4, 0.5) is 13.2 Å². The number of rotatable bonds is 4. The predicted octanol–water partition coefficient (Wildman–Crippen LogP) is 2.32. The van der Waals surface area contributed by atoms with E-state index < -0.39 is 18.7 Å². The molecule has 1 aromatic heterocycles. The third-order valence-electron chi connectivity index (χ3n) is 5.79. The van der Waals surface area contributed by atoms with Crippen LogP contribution >= 0.6 is 0 Å². The van der Waals surface area contributed by atoms with Crippen LogP contribution in [0.2, 0.25) is 0 Å². The lowest BCUT2D eigenvalue weighted by Crippen LogP contribution is -2.40. The number of carboxylic acids is 1. The number of carbonyl (C=O) groups excluding carboxylic acids is 1. The highest BCUT2D eigenvalue weighted by Gasteiger charge is 2.59. The number of aromatic nitrogens is 2. The molecule has 1 saturated carbocycles. The number of likely N-dealkylation sites (tertiary alicyclic amines) is 1. The molecular formula is C17H22F3N3O3. The zero-order valence-corrected chi connectivity index (χ0v) is 14.8. The average Bonchev–Trinajstić information content (AvgIpc) is 3.17. The average molecular weight is 373 g/mol. The van der Waals surface area contributed by atoms with Crippen LogP contribution in [0.5, 0.6) is 0 Å². The minimum Gasteiger partial charge on any atom is -0.481 e. The third-order valence-corrected chi connectivity index (χ3v) is 5.79. The summed E-state index contributed by atoms with van der Waals surface area (Å²) in [5.41, 5.74) is 1.16. The van der Waals surface area contributed by atoms with E-state index >= 15 is 0 Å².